The van der Waals surface area contributed by atoms with Crippen LogP contribution in [-0.2, 0) is 39.3 Å². The van der Waals surface area contributed by atoms with Crippen molar-refractivity contribution in [1.82, 2.24) is 35.0 Å². The first-order valence-electron chi connectivity index (χ1n) is 14.7. The zero-order valence-corrected chi connectivity index (χ0v) is 24.4. The first-order chi connectivity index (χ1) is 20.8. The summed E-state index contributed by atoms with van der Waals surface area (Å²) in [6.45, 7) is 2.00. The second-order valence-electron chi connectivity index (χ2n) is 11.0. The molecule has 13 heteroatoms. The van der Waals surface area contributed by atoms with Crippen LogP contribution in [0.4, 0.5) is 4.79 Å². The van der Waals surface area contributed by atoms with Gasteiger partial charge in [0.05, 0.1) is 18.1 Å². The maximum absolute atomic E-state index is 13.5. The van der Waals surface area contributed by atoms with Gasteiger partial charge >= 0.3 is 6.09 Å². The number of aryl methyl sites for hydroxylation is 1. The summed E-state index contributed by atoms with van der Waals surface area (Å²) in [5.74, 6) is -0.859. The second kappa shape index (κ2) is 13.6. The van der Waals surface area contributed by atoms with Crippen molar-refractivity contribution in [2.24, 2.45) is 12.8 Å². The molecule has 2 fully saturated rings. The molecule has 0 unspecified atom stereocenters. The van der Waals surface area contributed by atoms with Crippen LogP contribution in [0.3, 0.4) is 0 Å². The Morgan fingerprint density at radius 1 is 1.00 bits per heavy atom. The van der Waals surface area contributed by atoms with Crippen molar-refractivity contribution in [2.45, 2.75) is 50.9 Å². The number of nitrogens with one attached hydrogen (secondary N) is 1. The van der Waals surface area contributed by atoms with Crippen LogP contribution >= 0.6 is 0 Å². The molecule has 3 heterocycles. The topological polar surface area (TPSA) is 156 Å². The zero-order chi connectivity index (χ0) is 30.3. The number of aromatic nitrogens is 3. The van der Waals surface area contributed by atoms with Crippen LogP contribution in [0.25, 0.3) is 11.0 Å². The number of piperazine rings is 1. The highest BCUT2D eigenvalue weighted by Crippen LogP contribution is 2.17. The molecule has 2 atom stereocenters. The number of likely N-dealkylation sites (tertiary alicyclic amines) is 1. The molecular weight excluding hydrogens is 552 g/mol. The van der Waals surface area contributed by atoms with Gasteiger partial charge in [0, 0.05) is 46.2 Å². The Labute approximate surface area is 249 Å². The van der Waals surface area contributed by atoms with E-state index in [-0.39, 0.29) is 51.5 Å². The van der Waals surface area contributed by atoms with Gasteiger partial charge in [0.25, 0.3) is 0 Å². The molecule has 2 saturated heterocycles. The minimum Gasteiger partial charge on any atom is -0.445 e. The minimum atomic E-state index is -0.980. The van der Waals surface area contributed by atoms with E-state index in [2.05, 4.69) is 15.6 Å². The summed E-state index contributed by atoms with van der Waals surface area (Å²) in [7, 11) is 1.80. The molecule has 2 aliphatic rings. The fourth-order valence-corrected chi connectivity index (χ4v) is 5.49. The number of nitrogens with two attached hydrogens (primary N) is 1. The van der Waals surface area contributed by atoms with Crippen molar-refractivity contribution in [1.29, 1.82) is 0 Å². The number of fused-ring (bicyclic) bond motifs is 1. The van der Waals surface area contributed by atoms with E-state index in [0.717, 1.165) is 42.6 Å². The van der Waals surface area contributed by atoms with Crippen LogP contribution in [0.2, 0.25) is 0 Å². The highest BCUT2D eigenvalue weighted by atomic mass is 16.6. The summed E-state index contributed by atoms with van der Waals surface area (Å²) in [4.78, 5) is 57.2. The van der Waals surface area contributed by atoms with Gasteiger partial charge in [-0.15, -0.1) is 5.10 Å². The Bertz CT molecular complexity index is 1460. The molecule has 1 aromatic heterocycles. The third-order valence-corrected chi connectivity index (χ3v) is 8.02. The predicted octanol–water partition coefficient (Wildman–Crippen LogP) is 1.16. The molecule has 2 aromatic carbocycles. The van der Waals surface area contributed by atoms with E-state index in [0.29, 0.717) is 5.52 Å². The lowest BCUT2D eigenvalue weighted by Gasteiger charge is -2.41. The van der Waals surface area contributed by atoms with Gasteiger partial charge in [-0.1, -0.05) is 41.6 Å². The molecule has 5 rings (SSSR count). The van der Waals surface area contributed by atoms with Gasteiger partial charge in [-0.25, -0.2) is 9.48 Å². The molecule has 13 nitrogen and oxygen atoms in total. The lowest BCUT2D eigenvalue weighted by Crippen LogP contribution is -2.63. The van der Waals surface area contributed by atoms with E-state index in [1.165, 1.54) is 9.80 Å². The predicted molar refractivity (Wildman–Crippen MR) is 157 cm³/mol. The van der Waals surface area contributed by atoms with E-state index in [9.17, 15) is 19.2 Å². The molecule has 228 valence electrons. The fourth-order valence-electron chi connectivity index (χ4n) is 5.49. The Balaban J connectivity index is 1.24. The van der Waals surface area contributed by atoms with E-state index in [4.69, 9.17) is 10.5 Å². The standard InChI is InChI=1S/C30H38N8O5/c1-35-25-11-9-22(17-24(25)33-34-35)18-32-28(40)26-19-37(30(42)43-20-21-7-3-2-4-8-21)15-16-38(26)29(41)23(31)10-12-27(39)36-13-5-6-14-36/h2-4,7-9,11,17,23,26H,5-6,10,12-16,18-20,31H2,1H3,(H,32,40)/t23-,26+/m1/s1. The molecule has 4 amide bonds. The van der Waals surface area contributed by atoms with Gasteiger partial charge in [-0.05, 0) is 42.5 Å². The highest BCUT2D eigenvalue weighted by molar-refractivity contribution is 5.91. The molecule has 0 saturated carbocycles. The average Bonchev–Trinajstić information content (AvgIpc) is 3.71. The van der Waals surface area contributed by atoms with E-state index in [1.807, 2.05) is 48.5 Å². The molecule has 3 aromatic rings. The third kappa shape index (κ3) is 7.28. The Hall–Kier alpha value is -4.52. The highest BCUT2D eigenvalue weighted by Gasteiger charge is 2.39. The number of hydrogen-bond donors (Lipinski definition) is 2. The smallest absolute Gasteiger partial charge is 0.410 e. The molecule has 43 heavy (non-hydrogen) atoms. The van der Waals surface area contributed by atoms with Crippen LogP contribution in [0, 0.1) is 0 Å². The summed E-state index contributed by atoms with van der Waals surface area (Å²) >= 11 is 0. The van der Waals surface area contributed by atoms with Crippen molar-refractivity contribution >= 4 is 34.8 Å². The molecule has 0 bridgehead atoms. The summed E-state index contributed by atoms with van der Waals surface area (Å²) in [6.07, 6.45) is 1.75. The van der Waals surface area contributed by atoms with Gasteiger partial charge in [0.1, 0.15) is 18.2 Å². The summed E-state index contributed by atoms with van der Waals surface area (Å²) in [6, 6.07) is 13.0. The van der Waals surface area contributed by atoms with Gasteiger partial charge in [0.15, 0.2) is 0 Å². The van der Waals surface area contributed by atoms with Gasteiger partial charge in [-0.3, -0.25) is 14.4 Å². The number of hydrogen-bond acceptors (Lipinski definition) is 8. The minimum absolute atomic E-state index is 0.0129. The van der Waals surface area contributed by atoms with Crippen LogP contribution in [-0.4, -0.2) is 98.3 Å². The second-order valence-corrected chi connectivity index (χ2v) is 11.0. The number of nitrogens with zero attached hydrogens (tertiary/aromatic N) is 6. The van der Waals surface area contributed by atoms with Crippen LogP contribution < -0.4 is 11.1 Å². The van der Waals surface area contributed by atoms with Gasteiger partial charge in [0.2, 0.25) is 17.7 Å². The van der Waals surface area contributed by atoms with Crippen molar-refractivity contribution in [3.8, 4) is 0 Å². The SMILES string of the molecule is Cn1nnc2cc(CNC(=O)[C@@H]3CN(C(=O)OCc4ccccc4)CCN3C(=O)[C@H](N)CCC(=O)N3CCCC3)ccc21. The number of carbonyl (C=O) groups excluding carboxylic acids is 4. The lowest BCUT2D eigenvalue weighted by molar-refractivity contribution is -0.145. The Morgan fingerprint density at radius 2 is 1.77 bits per heavy atom. The van der Waals surface area contributed by atoms with E-state index in [1.54, 1.807) is 16.6 Å². The normalized spacial score (nSPS) is 17.6. The Kier molecular flexibility index (Phi) is 9.50. The summed E-state index contributed by atoms with van der Waals surface area (Å²) < 4.78 is 7.16. The molecular formula is C30H38N8O5. The number of ether oxygens (including phenoxy) is 1. The largest absolute Gasteiger partial charge is 0.445 e. The maximum Gasteiger partial charge on any atom is 0.410 e. The van der Waals surface area contributed by atoms with Crippen LogP contribution in [0.1, 0.15) is 36.8 Å². The quantitative estimate of drug-likeness (QED) is 0.376. The lowest BCUT2D eigenvalue weighted by atomic mass is 10.1. The molecule has 0 aliphatic carbocycles. The van der Waals surface area contributed by atoms with Crippen LogP contribution in [0.15, 0.2) is 48.5 Å². The average molecular weight is 591 g/mol. The molecule has 3 N–H and O–H groups in total. The van der Waals surface area contributed by atoms with Crippen LogP contribution in [0.5, 0.6) is 0 Å². The third-order valence-electron chi connectivity index (χ3n) is 8.02. The van der Waals surface area contributed by atoms with E-state index >= 15 is 0 Å². The summed E-state index contributed by atoms with van der Waals surface area (Å²) in [5.41, 5.74) is 9.48. The van der Waals surface area contributed by atoms with Gasteiger partial charge in [-0.2, -0.15) is 0 Å². The zero-order valence-electron chi connectivity index (χ0n) is 24.4. The first-order valence-corrected chi connectivity index (χ1v) is 14.7. The maximum atomic E-state index is 13.5. The summed E-state index contributed by atoms with van der Waals surface area (Å²) in [5, 5.41) is 11.0. The Morgan fingerprint density at radius 3 is 2.53 bits per heavy atom. The van der Waals surface area contributed by atoms with Gasteiger partial charge < -0.3 is 30.5 Å². The molecule has 0 spiro atoms. The number of carbonyl (C=O) groups is 4. The molecule has 0 radical (unpaired) electrons. The van der Waals surface area contributed by atoms with Crippen molar-refractivity contribution < 1.29 is 23.9 Å². The monoisotopic (exact) mass is 590 g/mol. The number of rotatable bonds is 9. The number of benzene rings is 2. The van der Waals surface area contributed by atoms with Crippen molar-refractivity contribution in [3.63, 3.8) is 0 Å². The molecule has 2 aliphatic heterocycles. The van der Waals surface area contributed by atoms with Crippen molar-refractivity contribution in [2.75, 3.05) is 32.7 Å². The fraction of sp³-hybridized carbons (Fsp3) is 0.467. The van der Waals surface area contributed by atoms with E-state index < -0.39 is 30.0 Å². The number of amides is 4. The van der Waals surface area contributed by atoms with Crippen molar-refractivity contribution in [3.05, 3.63) is 59.7 Å². The first kappa shape index (κ1) is 30.0.